The molecule has 2 aromatic carbocycles. The van der Waals surface area contributed by atoms with Gasteiger partial charge in [0.25, 0.3) is 0 Å². The van der Waals surface area contributed by atoms with E-state index in [0.29, 0.717) is 11.4 Å². The van der Waals surface area contributed by atoms with Crippen molar-refractivity contribution in [2.75, 3.05) is 17.3 Å². The summed E-state index contributed by atoms with van der Waals surface area (Å²) in [5.41, 5.74) is 1.58. The Morgan fingerprint density at radius 3 is 2.28 bits per heavy atom. The molecule has 0 saturated heterocycles. The number of halogens is 4. The Labute approximate surface area is 181 Å². The molecule has 1 N–H and O–H groups in total. The Balaban J connectivity index is 1.96. The SMILES string of the molecule is CCCc1ccc(N(C)c2nc(Nc3ccc(I)cc3)ncc2C(F)(F)F)cc1. The first-order chi connectivity index (χ1) is 13.8. The number of aromatic nitrogens is 2. The third kappa shape index (κ3) is 5.37. The number of nitrogens with zero attached hydrogens (tertiary/aromatic N) is 3. The number of hydrogen-bond acceptors (Lipinski definition) is 4. The van der Waals surface area contributed by atoms with Crippen molar-refractivity contribution in [2.24, 2.45) is 0 Å². The van der Waals surface area contributed by atoms with Crippen LogP contribution in [-0.2, 0) is 12.6 Å². The van der Waals surface area contributed by atoms with Crippen molar-refractivity contribution in [3.8, 4) is 0 Å². The van der Waals surface area contributed by atoms with Gasteiger partial charge in [0.2, 0.25) is 5.95 Å². The van der Waals surface area contributed by atoms with Gasteiger partial charge in [-0.3, -0.25) is 0 Å². The van der Waals surface area contributed by atoms with Gasteiger partial charge in [0.15, 0.2) is 5.82 Å². The lowest BCUT2D eigenvalue weighted by Gasteiger charge is -2.23. The molecule has 0 fully saturated rings. The van der Waals surface area contributed by atoms with Crippen LogP contribution in [0.2, 0.25) is 0 Å². The van der Waals surface area contributed by atoms with E-state index in [0.717, 1.165) is 28.2 Å². The molecule has 0 saturated carbocycles. The zero-order valence-corrected chi connectivity index (χ0v) is 18.1. The molecule has 1 aromatic heterocycles. The van der Waals surface area contributed by atoms with Crippen LogP contribution in [0, 0.1) is 3.57 Å². The van der Waals surface area contributed by atoms with Crippen LogP contribution in [0.15, 0.2) is 54.7 Å². The van der Waals surface area contributed by atoms with Gasteiger partial charge in [0, 0.05) is 28.2 Å². The predicted octanol–water partition coefficient (Wildman–Crippen LogP) is 6.56. The number of alkyl halides is 3. The van der Waals surface area contributed by atoms with Crippen LogP contribution in [-0.4, -0.2) is 17.0 Å². The average Bonchev–Trinajstić information content (AvgIpc) is 2.69. The Bertz CT molecular complexity index is 957. The van der Waals surface area contributed by atoms with Crippen LogP contribution in [0.25, 0.3) is 0 Å². The van der Waals surface area contributed by atoms with Crippen molar-refractivity contribution in [1.82, 2.24) is 9.97 Å². The molecule has 0 aliphatic heterocycles. The van der Waals surface area contributed by atoms with E-state index >= 15 is 0 Å². The first-order valence-electron chi connectivity index (χ1n) is 9.07. The van der Waals surface area contributed by atoms with Crippen molar-refractivity contribution < 1.29 is 13.2 Å². The van der Waals surface area contributed by atoms with Gasteiger partial charge < -0.3 is 10.2 Å². The summed E-state index contributed by atoms with van der Waals surface area (Å²) < 4.78 is 41.7. The average molecular weight is 512 g/mol. The summed E-state index contributed by atoms with van der Waals surface area (Å²) in [4.78, 5) is 9.47. The third-order valence-corrected chi connectivity index (χ3v) is 5.07. The number of aryl methyl sites for hydroxylation is 1. The largest absolute Gasteiger partial charge is 0.421 e. The van der Waals surface area contributed by atoms with Crippen LogP contribution in [0.1, 0.15) is 24.5 Å². The maximum absolute atomic E-state index is 13.6. The van der Waals surface area contributed by atoms with Gasteiger partial charge in [-0.2, -0.15) is 18.2 Å². The highest BCUT2D eigenvalue weighted by atomic mass is 127. The smallest absolute Gasteiger partial charge is 0.329 e. The van der Waals surface area contributed by atoms with Crippen LogP contribution in [0.5, 0.6) is 0 Å². The van der Waals surface area contributed by atoms with E-state index in [1.165, 1.54) is 4.90 Å². The lowest BCUT2D eigenvalue weighted by atomic mass is 10.1. The molecule has 29 heavy (non-hydrogen) atoms. The van der Waals surface area contributed by atoms with Crippen LogP contribution >= 0.6 is 22.6 Å². The normalized spacial score (nSPS) is 11.4. The van der Waals surface area contributed by atoms with E-state index in [-0.39, 0.29) is 11.8 Å². The molecule has 0 radical (unpaired) electrons. The molecule has 0 aliphatic rings. The van der Waals surface area contributed by atoms with Gasteiger partial charge in [-0.1, -0.05) is 25.5 Å². The summed E-state index contributed by atoms with van der Waals surface area (Å²) >= 11 is 2.18. The number of anilines is 4. The van der Waals surface area contributed by atoms with Gasteiger partial charge in [0.05, 0.1) is 0 Å². The summed E-state index contributed by atoms with van der Waals surface area (Å²) in [6.45, 7) is 2.08. The zero-order valence-electron chi connectivity index (χ0n) is 16.0. The molecular formula is C21H20F3IN4. The quantitative estimate of drug-likeness (QED) is 0.380. The molecule has 4 nitrogen and oxygen atoms in total. The van der Waals surface area contributed by atoms with Crippen LogP contribution in [0.3, 0.4) is 0 Å². The second-order valence-corrected chi connectivity index (χ2v) is 7.78. The zero-order chi connectivity index (χ0) is 21.0. The topological polar surface area (TPSA) is 41.1 Å². The molecular weight excluding hydrogens is 492 g/mol. The summed E-state index contributed by atoms with van der Waals surface area (Å²) in [5, 5.41) is 2.96. The van der Waals surface area contributed by atoms with Gasteiger partial charge in [-0.15, -0.1) is 0 Å². The minimum atomic E-state index is -4.56. The molecule has 152 valence electrons. The highest BCUT2D eigenvalue weighted by Crippen LogP contribution is 2.37. The Morgan fingerprint density at radius 1 is 1.03 bits per heavy atom. The fourth-order valence-corrected chi connectivity index (χ4v) is 3.21. The van der Waals surface area contributed by atoms with Crippen molar-refractivity contribution >= 4 is 45.7 Å². The fraction of sp³-hybridized carbons (Fsp3) is 0.238. The van der Waals surface area contributed by atoms with Gasteiger partial charge in [-0.05, 0) is 71.0 Å². The summed E-state index contributed by atoms with van der Waals surface area (Å²) in [7, 11) is 1.57. The number of nitrogens with one attached hydrogen (secondary N) is 1. The molecule has 0 unspecified atom stereocenters. The van der Waals surface area contributed by atoms with E-state index < -0.39 is 11.7 Å². The number of hydrogen-bond donors (Lipinski definition) is 1. The first-order valence-corrected chi connectivity index (χ1v) is 10.2. The minimum Gasteiger partial charge on any atom is -0.329 e. The molecule has 0 spiro atoms. The predicted molar refractivity (Wildman–Crippen MR) is 118 cm³/mol. The molecule has 1 heterocycles. The van der Waals surface area contributed by atoms with Crippen molar-refractivity contribution in [3.05, 3.63) is 69.4 Å². The third-order valence-electron chi connectivity index (χ3n) is 4.35. The molecule has 0 amide bonds. The molecule has 3 aromatic rings. The fourth-order valence-electron chi connectivity index (χ4n) is 2.85. The Kier molecular flexibility index (Phi) is 6.61. The Hall–Kier alpha value is -2.36. The standard InChI is InChI=1S/C21H20F3IN4/c1-3-4-14-5-11-17(12-6-14)29(2)19-18(21(22,23)24)13-26-20(28-19)27-16-9-7-15(25)8-10-16/h5-13H,3-4H2,1-2H3,(H,26,27,28). The molecule has 0 aliphatic carbocycles. The van der Waals surface area contributed by atoms with E-state index in [2.05, 4.69) is 44.8 Å². The lowest BCUT2D eigenvalue weighted by molar-refractivity contribution is -0.137. The van der Waals surface area contributed by atoms with Crippen molar-refractivity contribution in [1.29, 1.82) is 0 Å². The number of benzene rings is 2. The molecule has 0 atom stereocenters. The van der Waals surface area contributed by atoms with E-state index in [9.17, 15) is 13.2 Å². The second kappa shape index (κ2) is 8.98. The monoisotopic (exact) mass is 512 g/mol. The second-order valence-electron chi connectivity index (χ2n) is 6.54. The molecule has 3 rings (SSSR count). The van der Waals surface area contributed by atoms with E-state index in [1.807, 2.05) is 36.4 Å². The van der Waals surface area contributed by atoms with E-state index in [4.69, 9.17) is 0 Å². The maximum atomic E-state index is 13.6. The molecule has 0 bridgehead atoms. The first kappa shape index (κ1) is 21.4. The summed E-state index contributed by atoms with van der Waals surface area (Å²) in [6.07, 6.45) is -1.81. The minimum absolute atomic E-state index is 0.101. The number of rotatable bonds is 6. The van der Waals surface area contributed by atoms with Gasteiger partial charge >= 0.3 is 6.18 Å². The summed E-state index contributed by atoms with van der Waals surface area (Å²) in [6, 6.07) is 14.9. The van der Waals surface area contributed by atoms with E-state index in [1.54, 1.807) is 19.2 Å². The Morgan fingerprint density at radius 2 is 1.69 bits per heavy atom. The lowest BCUT2D eigenvalue weighted by Crippen LogP contribution is -2.19. The van der Waals surface area contributed by atoms with Crippen molar-refractivity contribution in [2.45, 2.75) is 25.9 Å². The highest BCUT2D eigenvalue weighted by molar-refractivity contribution is 14.1. The van der Waals surface area contributed by atoms with Gasteiger partial charge in [-0.25, -0.2) is 4.98 Å². The highest BCUT2D eigenvalue weighted by Gasteiger charge is 2.36. The van der Waals surface area contributed by atoms with Gasteiger partial charge in [0.1, 0.15) is 5.56 Å². The maximum Gasteiger partial charge on any atom is 0.421 e. The van der Waals surface area contributed by atoms with Crippen LogP contribution in [0.4, 0.5) is 36.3 Å². The molecule has 8 heteroatoms. The summed E-state index contributed by atoms with van der Waals surface area (Å²) in [5.74, 6) is -0.104. The van der Waals surface area contributed by atoms with Crippen molar-refractivity contribution in [3.63, 3.8) is 0 Å². The van der Waals surface area contributed by atoms with Crippen LogP contribution < -0.4 is 10.2 Å².